The third kappa shape index (κ3) is 3.25. The number of rotatable bonds is 4. The Morgan fingerprint density at radius 2 is 1.63 bits per heavy atom. The third-order valence-corrected chi connectivity index (χ3v) is 5.70. The number of nitrogens with one attached hydrogen (secondary N) is 1. The summed E-state index contributed by atoms with van der Waals surface area (Å²) in [5, 5.41) is 4.20. The number of nitrogens with zero attached hydrogens (tertiary/aromatic N) is 4. The van der Waals surface area contributed by atoms with Crippen LogP contribution in [0.5, 0.6) is 0 Å². The number of aromatic nitrogens is 3. The summed E-state index contributed by atoms with van der Waals surface area (Å²) in [6, 6.07) is 24.4. The summed E-state index contributed by atoms with van der Waals surface area (Å²) >= 11 is 5.81. The van der Waals surface area contributed by atoms with Gasteiger partial charge in [-0.3, -0.25) is 4.98 Å². The van der Waals surface area contributed by atoms with Crippen molar-refractivity contribution in [1.82, 2.24) is 19.9 Å². The molecular weight excluding hydrogens is 390 g/mol. The van der Waals surface area contributed by atoms with Crippen LogP contribution in [0, 0.1) is 6.92 Å². The van der Waals surface area contributed by atoms with E-state index in [2.05, 4.69) is 62.0 Å². The maximum atomic E-state index is 5.81. The minimum Gasteiger partial charge on any atom is -0.351 e. The average Bonchev–Trinajstić information content (AvgIpc) is 3.40. The zero-order valence-electron chi connectivity index (χ0n) is 16.5. The molecule has 0 amide bonds. The average molecular weight is 412 g/mol. The Morgan fingerprint density at radius 1 is 0.867 bits per heavy atom. The number of aryl methyl sites for hydroxylation is 1. The van der Waals surface area contributed by atoms with Gasteiger partial charge in [-0.15, -0.1) is 0 Å². The van der Waals surface area contributed by atoms with Crippen molar-refractivity contribution in [3.8, 4) is 5.82 Å². The molecule has 6 heteroatoms. The van der Waals surface area contributed by atoms with Crippen molar-refractivity contribution >= 4 is 23.0 Å². The molecule has 148 valence electrons. The van der Waals surface area contributed by atoms with Crippen molar-refractivity contribution in [2.24, 2.45) is 0 Å². The highest BCUT2D eigenvalue weighted by molar-refractivity contribution is 7.80. The van der Waals surface area contributed by atoms with Crippen LogP contribution in [-0.2, 0) is 0 Å². The quantitative estimate of drug-likeness (QED) is 0.491. The van der Waals surface area contributed by atoms with Crippen molar-refractivity contribution in [1.29, 1.82) is 0 Å². The first-order valence-corrected chi connectivity index (χ1v) is 10.3. The summed E-state index contributed by atoms with van der Waals surface area (Å²) in [6.45, 7) is 2.09. The van der Waals surface area contributed by atoms with Gasteiger partial charge in [0.05, 0.1) is 11.7 Å². The predicted molar refractivity (Wildman–Crippen MR) is 123 cm³/mol. The Morgan fingerprint density at radius 3 is 2.33 bits per heavy atom. The fourth-order valence-electron chi connectivity index (χ4n) is 3.98. The fourth-order valence-corrected chi connectivity index (χ4v) is 4.32. The fraction of sp³-hybridized carbons (Fsp3) is 0.125. The lowest BCUT2D eigenvalue weighted by atomic mass is 10.0. The lowest BCUT2D eigenvalue weighted by molar-refractivity contribution is 0.548. The van der Waals surface area contributed by atoms with Crippen LogP contribution in [-0.4, -0.2) is 19.6 Å². The summed E-state index contributed by atoms with van der Waals surface area (Å²) in [6.07, 6.45) is 5.68. The van der Waals surface area contributed by atoms with Gasteiger partial charge in [0.25, 0.3) is 0 Å². The third-order valence-electron chi connectivity index (χ3n) is 5.39. The van der Waals surface area contributed by atoms with E-state index in [1.807, 2.05) is 61.1 Å². The number of thiocarbonyl (C=S) groups is 1. The summed E-state index contributed by atoms with van der Waals surface area (Å²) in [5.74, 6) is 0.874. The zero-order chi connectivity index (χ0) is 20.5. The maximum absolute atomic E-state index is 5.81. The molecule has 4 aromatic rings. The van der Waals surface area contributed by atoms with Crippen molar-refractivity contribution in [3.63, 3.8) is 0 Å². The molecule has 1 saturated heterocycles. The molecule has 5 rings (SSSR count). The molecule has 0 unspecified atom stereocenters. The number of benzene rings is 1. The first kappa shape index (κ1) is 18.5. The normalized spacial score (nSPS) is 18.4. The van der Waals surface area contributed by atoms with Crippen LogP contribution in [0.15, 0.2) is 91.4 Å². The number of hydrogen-bond donors (Lipinski definition) is 1. The van der Waals surface area contributed by atoms with Crippen LogP contribution < -0.4 is 10.2 Å². The van der Waals surface area contributed by atoms with Gasteiger partial charge in [0, 0.05) is 30.0 Å². The van der Waals surface area contributed by atoms with E-state index in [1.165, 1.54) is 5.56 Å². The molecule has 0 spiro atoms. The topological polar surface area (TPSA) is 46.0 Å². The minimum absolute atomic E-state index is 0.0767. The maximum Gasteiger partial charge on any atom is 0.174 e. The molecule has 1 aliphatic heterocycles. The van der Waals surface area contributed by atoms with E-state index in [0.29, 0.717) is 5.11 Å². The summed E-state index contributed by atoms with van der Waals surface area (Å²) in [7, 11) is 0. The van der Waals surface area contributed by atoms with E-state index in [4.69, 9.17) is 12.2 Å². The minimum atomic E-state index is -0.0858. The Hall–Kier alpha value is -3.51. The van der Waals surface area contributed by atoms with Crippen molar-refractivity contribution in [2.75, 3.05) is 4.90 Å². The van der Waals surface area contributed by atoms with Gasteiger partial charge in [-0.25, -0.2) is 4.98 Å². The van der Waals surface area contributed by atoms with Crippen molar-refractivity contribution in [3.05, 3.63) is 108 Å². The van der Waals surface area contributed by atoms with Gasteiger partial charge in [-0.05, 0) is 67.7 Å². The van der Waals surface area contributed by atoms with Crippen LogP contribution in [0.1, 0.15) is 29.0 Å². The number of pyridine rings is 2. The molecule has 1 aromatic carbocycles. The molecule has 4 heterocycles. The molecule has 2 atom stereocenters. The number of anilines is 1. The van der Waals surface area contributed by atoms with E-state index in [0.717, 1.165) is 22.9 Å². The zero-order valence-corrected chi connectivity index (χ0v) is 17.3. The second kappa shape index (κ2) is 7.72. The molecule has 3 aromatic heterocycles. The molecule has 0 radical (unpaired) electrons. The smallest absolute Gasteiger partial charge is 0.174 e. The molecule has 0 saturated carbocycles. The molecule has 0 bridgehead atoms. The monoisotopic (exact) mass is 411 g/mol. The number of hydrogen-bond acceptors (Lipinski definition) is 3. The van der Waals surface area contributed by atoms with Crippen molar-refractivity contribution in [2.45, 2.75) is 19.0 Å². The lowest BCUT2D eigenvalue weighted by Gasteiger charge is -2.28. The van der Waals surface area contributed by atoms with E-state index in [1.54, 1.807) is 0 Å². The van der Waals surface area contributed by atoms with Crippen LogP contribution >= 0.6 is 12.2 Å². The first-order chi connectivity index (χ1) is 14.7. The molecule has 0 aliphatic carbocycles. The Bertz CT molecular complexity index is 1160. The van der Waals surface area contributed by atoms with Gasteiger partial charge >= 0.3 is 0 Å². The predicted octanol–water partition coefficient (Wildman–Crippen LogP) is 4.75. The summed E-state index contributed by atoms with van der Waals surface area (Å²) in [4.78, 5) is 11.4. The molecule has 30 heavy (non-hydrogen) atoms. The Balaban J connectivity index is 1.67. The highest BCUT2D eigenvalue weighted by Crippen LogP contribution is 2.42. The standard InChI is InChI=1S/C24H21N5S/c1-17-10-12-18(13-11-17)29-23(22(27-24(29)30)19-7-2-4-14-25-19)20-8-6-16-28(20)21-9-3-5-15-26-21/h2-16,22-23H,1H3,(H,27,30)/t22-,23+/m1/s1. The molecule has 1 aliphatic rings. The Labute approximate surface area is 181 Å². The molecule has 1 N–H and O–H groups in total. The second-order valence-corrected chi connectivity index (χ2v) is 7.71. The van der Waals surface area contributed by atoms with Gasteiger partial charge < -0.3 is 14.8 Å². The molecular formula is C24H21N5S. The summed E-state index contributed by atoms with van der Waals surface area (Å²) < 4.78 is 2.12. The van der Waals surface area contributed by atoms with E-state index in [-0.39, 0.29) is 12.1 Å². The van der Waals surface area contributed by atoms with Crippen LogP contribution in [0.2, 0.25) is 0 Å². The van der Waals surface area contributed by atoms with Gasteiger partial charge in [0.15, 0.2) is 5.11 Å². The van der Waals surface area contributed by atoms with Gasteiger partial charge in [0.2, 0.25) is 0 Å². The lowest BCUT2D eigenvalue weighted by Crippen LogP contribution is -2.30. The first-order valence-electron chi connectivity index (χ1n) is 9.88. The van der Waals surface area contributed by atoms with Crippen LogP contribution in [0.25, 0.3) is 5.82 Å². The van der Waals surface area contributed by atoms with Gasteiger partial charge in [-0.1, -0.05) is 29.8 Å². The van der Waals surface area contributed by atoms with Crippen molar-refractivity contribution < 1.29 is 0 Å². The van der Waals surface area contributed by atoms with E-state index >= 15 is 0 Å². The molecule has 5 nitrogen and oxygen atoms in total. The van der Waals surface area contributed by atoms with Gasteiger partial charge in [-0.2, -0.15) is 0 Å². The highest BCUT2D eigenvalue weighted by atomic mass is 32.1. The van der Waals surface area contributed by atoms with E-state index in [9.17, 15) is 0 Å². The van der Waals surface area contributed by atoms with Crippen LogP contribution in [0.3, 0.4) is 0 Å². The largest absolute Gasteiger partial charge is 0.351 e. The summed E-state index contributed by atoms with van der Waals surface area (Å²) in [5.41, 5.74) is 4.31. The van der Waals surface area contributed by atoms with Crippen LogP contribution in [0.4, 0.5) is 5.69 Å². The van der Waals surface area contributed by atoms with Gasteiger partial charge in [0.1, 0.15) is 11.9 Å². The SMILES string of the molecule is Cc1ccc(N2C(=S)N[C@H](c3ccccn3)[C@@H]2c2cccn2-c2ccccn2)cc1. The van der Waals surface area contributed by atoms with E-state index < -0.39 is 0 Å². The molecule has 1 fully saturated rings. The second-order valence-electron chi connectivity index (χ2n) is 7.32. The highest BCUT2D eigenvalue weighted by Gasteiger charge is 2.42. The Kier molecular flexibility index (Phi) is 4.77.